The molecule has 0 aromatic heterocycles. The van der Waals surface area contributed by atoms with Crippen LogP contribution in [-0.2, 0) is 6.54 Å². The third kappa shape index (κ3) is 5.11. The van der Waals surface area contributed by atoms with E-state index in [0.717, 1.165) is 31.1 Å². The molecule has 2 rings (SSSR count). The van der Waals surface area contributed by atoms with Gasteiger partial charge in [0, 0.05) is 24.7 Å². The molecule has 0 aliphatic heterocycles. The van der Waals surface area contributed by atoms with E-state index in [0.29, 0.717) is 12.1 Å². The summed E-state index contributed by atoms with van der Waals surface area (Å²) >= 11 is 0. The minimum Gasteiger partial charge on any atom is -0.352 e. The average Bonchev–Trinajstić information content (AvgIpc) is 2.59. The van der Waals surface area contributed by atoms with E-state index in [1.54, 1.807) is 0 Å². The first-order chi connectivity index (χ1) is 10.7. The third-order valence-corrected chi connectivity index (χ3v) is 4.62. The van der Waals surface area contributed by atoms with Crippen molar-refractivity contribution in [2.75, 3.05) is 20.1 Å². The molecule has 1 aromatic rings. The summed E-state index contributed by atoms with van der Waals surface area (Å²) in [5.41, 5.74) is 7.31. The molecule has 4 heteroatoms. The van der Waals surface area contributed by atoms with Gasteiger partial charge in [-0.3, -0.25) is 4.79 Å². The van der Waals surface area contributed by atoms with Gasteiger partial charge in [-0.2, -0.15) is 0 Å². The van der Waals surface area contributed by atoms with Crippen LogP contribution in [0.1, 0.15) is 54.4 Å². The van der Waals surface area contributed by atoms with Gasteiger partial charge in [0.2, 0.25) is 0 Å². The topological polar surface area (TPSA) is 58.4 Å². The van der Waals surface area contributed by atoms with Crippen LogP contribution in [0, 0.1) is 0 Å². The summed E-state index contributed by atoms with van der Waals surface area (Å²) in [5.74, 6) is 0.00360. The highest BCUT2D eigenvalue weighted by atomic mass is 16.1. The van der Waals surface area contributed by atoms with Crippen molar-refractivity contribution in [3.63, 3.8) is 0 Å². The molecule has 1 aliphatic rings. The van der Waals surface area contributed by atoms with Crippen molar-refractivity contribution in [1.82, 2.24) is 10.2 Å². The van der Waals surface area contributed by atoms with Gasteiger partial charge in [-0.05, 0) is 50.6 Å². The van der Waals surface area contributed by atoms with E-state index in [2.05, 4.69) is 17.3 Å². The smallest absolute Gasteiger partial charge is 0.251 e. The molecule has 0 unspecified atom stereocenters. The number of rotatable bonds is 7. The number of carbonyl (C=O) groups excluding carboxylic acids is 1. The lowest BCUT2D eigenvalue weighted by atomic mass is 9.94. The van der Waals surface area contributed by atoms with E-state index >= 15 is 0 Å². The number of hydrogen-bond donors (Lipinski definition) is 2. The van der Waals surface area contributed by atoms with Crippen molar-refractivity contribution in [3.05, 3.63) is 35.4 Å². The lowest BCUT2D eigenvalue weighted by Crippen LogP contribution is -2.35. The molecule has 0 spiro atoms. The van der Waals surface area contributed by atoms with Crippen molar-refractivity contribution >= 4 is 5.91 Å². The molecule has 0 bridgehead atoms. The van der Waals surface area contributed by atoms with Crippen LogP contribution in [0.5, 0.6) is 0 Å². The van der Waals surface area contributed by atoms with Crippen molar-refractivity contribution in [2.45, 2.75) is 51.1 Å². The Morgan fingerprint density at radius 2 is 1.91 bits per heavy atom. The number of nitrogens with one attached hydrogen (secondary N) is 1. The van der Waals surface area contributed by atoms with Crippen molar-refractivity contribution in [1.29, 1.82) is 0 Å². The Morgan fingerprint density at radius 1 is 1.23 bits per heavy atom. The minimum absolute atomic E-state index is 0.00360. The molecule has 3 N–H and O–H groups in total. The maximum absolute atomic E-state index is 12.0. The Morgan fingerprint density at radius 3 is 2.55 bits per heavy atom. The fraction of sp³-hybridized carbons (Fsp3) is 0.611. The van der Waals surface area contributed by atoms with Crippen LogP contribution in [0.25, 0.3) is 0 Å². The molecule has 0 saturated heterocycles. The zero-order valence-electron chi connectivity index (χ0n) is 13.7. The second-order valence-electron chi connectivity index (χ2n) is 6.28. The molecule has 0 radical (unpaired) electrons. The molecular weight excluding hydrogens is 274 g/mol. The van der Waals surface area contributed by atoms with Gasteiger partial charge in [0.05, 0.1) is 0 Å². The predicted molar refractivity (Wildman–Crippen MR) is 90.8 cm³/mol. The van der Waals surface area contributed by atoms with E-state index in [1.165, 1.54) is 32.1 Å². The van der Waals surface area contributed by atoms with Crippen molar-refractivity contribution in [3.8, 4) is 0 Å². The summed E-state index contributed by atoms with van der Waals surface area (Å²) in [6, 6.07) is 8.24. The molecule has 1 saturated carbocycles. The summed E-state index contributed by atoms with van der Waals surface area (Å²) in [6.07, 6.45) is 7.78. The van der Waals surface area contributed by atoms with Gasteiger partial charge in [0.1, 0.15) is 0 Å². The van der Waals surface area contributed by atoms with Crippen LogP contribution in [0.4, 0.5) is 0 Å². The molecule has 22 heavy (non-hydrogen) atoms. The maximum atomic E-state index is 12.0. The number of benzene rings is 1. The SMILES string of the molecule is CN(CCCNC(=O)c1ccc(CN)cc1)C1CCCCC1. The number of amides is 1. The Balaban J connectivity index is 1.65. The van der Waals surface area contributed by atoms with Gasteiger partial charge in [0.15, 0.2) is 0 Å². The zero-order valence-corrected chi connectivity index (χ0v) is 13.7. The monoisotopic (exact) mass is 303 g/mol. The number of hydrogen-bond acceptors (Lipinski definition) is 3. The van der Waals surface area contributed by atoms with Crippen molar-refractivity contribution < 1.29 is 4.79 Å². The number of carbonyl (C=O) groups is 1. The van der Waals surface area contributed by atoms with Crippen LogP contribution in [-0.4, -0.2) is 37.0 Å². The Bertz CT molecular complexity index is 452. The highest BCUT2D eigenvalue weighted by Crippen LogP contribution is 2.21. The van der Waals surface area contributed by atoms with E-state index in [9.17, 15) is 4.79 Å². The highest BCUT2D eigenvalue weighted by Gasteiger charge is 2.17. The van der Waals surface area contributed by atoms with Crippen LogP contribution >= 0.6 is 0 Å². The summed E-state index contributed by atoms with van der Waals surface area (Å²) in [7, 11) is 2.21. The molecule has 0 atom stereocenters. The van der Waals surface area contributed by atoms with Gasteiger partial charge in [0.25, 0.3) is 5.91 Å². The lowest BCUT2D eigenvalue weighted by molar-refractivity contribution is 0.0950. The number of nitrogens with zero attached hydrogens (tertiary/aromatic N) is 1. The van der Waals surface area contributed by atoms with Gasteiger partial charge < -0.3 is 16.0 Å². The van der Waals surface area contributed by atoms with E-state index in [4.69, 9.17) is 5.73 Å². The van der Waals surface area contributed by atoms with Gasteiger partial charge in [-0.1, -0.05) is 31.4 Å². The highest BCUT2D eigenvalue weighted by molar-refractivity contribution is 5.94. The summed E-state index contributed by atoms with van der Waals surface area (Å²) in [4.78, 5) is 14.5. The molecule has 1 aliphatic carbocycles. The third-order valence-electron chi connectivity index (χ3n) is 4.62. The standard InChI is InChI=1S/C18H29N3O/c1-21(17-6-3-2-4-7-17)13-5-12-20-18(22)16-10-8-15(14-19)9-11-16/h8-11,17H,2-7,12-14,19H2,1H3,(H,20,22). The quantitative estimate of drug-likeness (QED) is 0.761. The molecule has 122 valence electrons. The van der Waals surface area contributed by atoms with Crippen LogP contribution in [0.2, 0.25) is 0 Å². The Labute approximate surface area is 134 Å². The van der Waals surface area contributed by atoms with Crippen LogP contribution in [0.3, 0.4) is 0 Å². The van der Waals surface area contributed by atoms with Crippen LogP contribution < -0.4 is 11.1 Å². The largest absolute Gasteiger partial charge is 0.352 e. The fourth-order valence-electron chi connectivity index (χ4n) is 3.13. The summed E-state index contributed by atoms with van der Waals surface area (Å²) in [5, 5.41) is 3.00. The molecule has 0 heterocycles. The van der Waals surface area contributed by atoms with E-state index < -0.39 is 0 Å². The van der Waals surface area contributed by atoms with Crippen molar-refractivity contribution in [2.24, 2.45) is 5.73 Å². The predicted octanol–water partition coefficient (Wildman–Crippen LogP) is 2.53. The first-order valence-electron chi connectivity index (χ1n) is 8.48. The maximum Gasteiger partial charge on any atom is 0.251 e. The first-order valence-corrected chi connectivity index (χ1v) is 8.48. The average molecular weight is 303 g/mol. The Hall–Kier alpha value is -1.39. The van der Waals surface area contributed by atoms with Gasteiger partial charge in [-0.15, -0.1) is 0 Å². The van der Waals surface area contributed by atoms with Gasteiger partial charge in [-0.25, -0.2) is 0 Å². The van der Waals surface area contributed by atoms with Crippen LogP contribution in [0.15, 0.2) is 24.3 Å². The summed E-state index contributed by atoms with van der Waals surface area (Å²) < 4.78 is 0. The molecule has 1 amide bonds. The minimum atomic E-state index is 0.00360. The second-order valence-corrected chi connectivity index (χ2v) is 6.28. The molecule has 4 nitrogen and oxygen atoms in total. The zero-order chi connectivity index (χ0) is 15.8. The second kappa shape index (κ2) is 8.91. The van der Waals surface area contributed by atoms with Gasteiger partial charge >= 0.3 is 0 Å². The lowest BCUT2D eigenvalue weighted by Gasteiger charge is -2.31. The fourth-order valence-corrected chi connectivity index (χ4v) is 3.13. The molecule has 1 aromatic carbocycles. The normalized spacial score (nSPS) is 16.0. The number of nitrogens with two attached hydrogens (primary N) is 1. The molecular formula is C18H29N3O. The summed E-state index contributed by atoms with van der Waals surface area (Å²) in [6.45, 7) is 2.29. The van der Waals surface area contributed by atoms with E-state index in [1.807, 2.05) is 24.3 Å². The Kier molecular flexibility index (Phi) is 6.87. The van der Waals surface area contributed by atoms with E-state index in [-0.39, 0.29) is 5.91 Å². The first kappa shape index (κ1) is 17.0. The molecule has 1 fully saturated rings.